The number of hydrogen-bond donors (Lipinski definition) is 2. The maximum absolute atomic E-state index is 10.4. The van der Waals surface area contributed by atoms with Crippen LogP contribution in [0.2, 0.25) is 0 Å². The van der Waals surface area contributed by atoms with E-state index < -0.39 is 15.6 Å². The number of aliphatic hydroxyl groups is 2. The first-order valence-corrected chi connectivity index (χ1v) is 5.56. The van der Waals surface area contributed by atoms with Gasteiger partial charge in [-0.15, -0.1) is 5.10 Å². The molecule has 86 valence electrons. The fourth-order valence-corrected chi connectivity index (χ4v) is 1.32. The number of rotatable bonds is 5. The molecule has 0 bridgehead atoms. The quantitative estimate of drug-likeness (QED) is 0.401. The van der Waals surface area contributed by atoms with Gasteiger partial charge in [-0.05, 0) is 6.42 Å². The van der Waals surface area contributed by atoms with Gasteiger partial charge in [0.1, 0.15) is 15.8 Å². The molecule has 0 spiro atoms. The zero-order chi connectivity index (χ0) is 11.5. The van der Waals surface area contributed by atoms with Gasteiger partial charge in [0.25, 0.3) is 0 Å². The first kappa shape index (κ1) is 16.0. The van der Waals surface area contributed by atoms with Crippen molar-refractivity contribution < 1.29 is 52.7 Å². The Morgan fingerprint density at radius 3 is 2.69 bits per heavy atom. The SMILES string of the molecule is O=S(=O)([O-])C(O)c1cn(CCCO)nn1.[Na+]. The third-order valence-electron chi connectivity index (χ3n) is 1.63. The van der Waals surface area contributed by atoms with Gasteiger partial charge in [0, 0.05) is 13.2 Å². The van der Waals surface area contributed by atoms with Crippen LogP contribution in [0.1, 0.15) is 17.6 Å². The second kappa shape index (κ2) is 6.64. The third kappa shape index (κ3) is 4.45. The Balaban J connectivity index is 0.00000225. The van der Waals surface area contributed by atoms with Gasteiger partial charge >= 0.3 is 29.6 Å². The summed E-state index contributed by atoms with van der Waals surface area (Å²) < 4.78 is 32.5. The maximum Gasteiger partial charge on any atom is 1.00 e. The van der Waals surface area contributed by atoms with E-state index in [4.69, 9.17) is 10.2 Å². The van der Waals surface area contributed by atoms with Gasteiger partial charge in [-0.3, -0.25) is 4.68 Å². The largest absolute Gasteiger partial charge is 1.00 e. The Morgan fingerprint density at radius 2 is 2.19 bits per heavy atom. The van der Waals surface area contributed by atoms with E-state index >= 15 is 0 Å². The standard InChI is InChI=1S/C6H11N3O5S.Na/c10-3-1-2-9-4-5(7-8-9)6(11)15(12,13)14;/h4,6,10-11H,1-3H2,(H,12,13,14);/q;+1/p-1. The van der Waals surface area contributed by atoms with E-state index in [2.05, 4.69) is 10.3 Å². The minimum atomic E-state index is -4.82. The number of aryl methyl sites for hydroxylation is 1. The van der Waals surface area contributed by atoms with Gasteiger partial charge in [-0.2, -0.15) is 0 Å². The second-order valence-corrected chi connectivity index (χ2v) is 4.26. The van der Waals surface area contributed by atoms with Crippen LogP contribution in [0.4, 0.5) is 0 Å². The minimum Gasteiger partial charge on any atom is -0.746 e. The van der Waals surface area contributed by atoms with Crippen molar-refractivity contribution in [1.82, 2.24) is 15.0 Å². The molecule has 1 heterocycles. The molecule has 0 aliphatic carbocycles. The van der Waals surface area contributed by atoms with E-state index in [0.717, 1.165) is 6.20 Å². The summed E-state index contributed by atoms with van der Waals surface area (Å²) in [6.45, 7) is 0.284. The zero-order valence-electron chi connectivity index (χ0n) is 8.65. The Kier molecular flexibility index (Phi) is 6.63. The summed E-state index contributed by atoms with van der Waals surface area (Å²) in [5, 5.41) is 24.4. The number of aromatic nitrogens is 3. The van der Waals surface area contributed by atoms with Gasteiger partial charge in [-0.1, -0.05) is 5.21 Å². The molecule has 16 heavy (non-hydrogen) atoms. The molecular weight excluding hydrogens is 249 g/mol. The summed E-state index contributed by atoms with van der Waals surface area (Å²) in [6.07, 6.45) is 1.57. The Labute approximate surface area is 114 Å². The van der Waals surface area contributed by atoms with E-state index in [1.165, 1.54) is 4.68 Å². The van der Waals surface area contributed by atoms with Crippen LogP contribution in [0.3, 0.4) is 0 Å². The van der Waals surface area contributed by atoms with Crippen molar-refractivity contribution in [2.24, 2.45) is 0 Å². The first-order chi connectivity index (χ1) is 6.95. The van der Waals surface area contributed by atoms with Gasteiger partial charge in [0.05, 0.1) is 6.20 Å². The van der Waals surface area contributed by atoms with Crippen LogP contribution in [0.5, 0.6) is 0 Å². The van der Waals surface area contributed by atoms with Crippen molar-refractivity contribution in [2.75, 3.05) is 6.61 Å². The van der Waals surface area contributed by atoms with E-state index in [1.807, 2.05) is 0 Å². The minimum absolute atomic E-state index is 0. The van der Waals surface area contributed by atoms with Crippen molar-refractivity contribution in [3.05, 3.63) is 11.9 Å². The molecule has 10 heteroatoms. The molecule has 1 aromatic rings. The fraction of sp³-hybridized carbons (Fsp3) is 0.667. The molecule has 0 amide bonds. The van der Waals surface area contributed by atoms with E-state index in [-0.39, 0.29) is 41.9 Å². The molecule has 1 unspecified atom stereocenters. The molecule has 0 aliphatic rings. The van der Waals surface area contributed by atoms with Crippen molar-refractivity contribution in [2.45, 2.75) is 18.4 Å². The molecule has 0 fully saturated rings. The summed E-state index contributed by atoms with van der Waals surface area (Å²) in [5.41, 5.74) is -2.51. The summed E-state index contributed by atoms with van der Waals surface area (Å²) in [6, 6.07) is 0. The van der Waals surface area contributed by atoms with Gasteiger partial charge in [0.15, 0.2) is 5.44 Å². The molecular formula is C6H10N3NaO5S. The van der Waals surface area contributed by atoms with Crippen LogP contribution >= 0.6 is 0 Å². The van der Waals surface area contributed by atoms with Crippen LogP contribution < -0.4 is 29.6 Å². The average molecular weight is 259 g/mol. The number of nitrogens with zero attached hydrogens (tertiary/aromatic N) is 3. The Bertz CT molecular complexity index is 420. The topological polar surface area (TPSA) is 128 Å². The van der Waals surface area contributed by atoms with Crippen molar-refractivity contribution in [3.8, 4) is 0 Å². The molecule has 1 rings (SSSR count). The second-order valence-electron chi connectivity index (χ2n) is 2.83. The zero-order valence-corrected chi connectivity index (χ0v) is 11.5. The van der Waals surface area contributed by atoms with E-state index in [1.54, 1.807) is 0 Å². The van der Waals surface area contributed by atoms with E-state index in [9.17, 15) is 13.0 Å². The summed E-state index contributed by atoms with van der Waals surface area (Å²) in [7, 11) is -4.82. The predicted molar refractivity (Wildman–Crippen MR) is 46.4 cm³/mol. The van der Waals surface area contributed by atoms with Crippen molar-refractivity contribution >= 4 is 10.1 Å². The average Bonchev–Trinajstić information content (AvgIpc) is 2.60. The van der Waals surface area contributed by atoms with Crippen LogP contribution in [-0.2, 0) is 16.7 Å². The first-order valence-electron chi connectivity index (χ1n) is 4.09. The molecule has 2 N–H and O–H groups in total. The molecule has 1 atom stereocenters. The van der Waals surface area contributed by atoms with Gasteiger partial charge in [0.2, 0.25) is 0 Å². The molecule has 0 aliphatic heterocycles. The maximum atomic E-state index is 10.4. The molecule has 0 saturated heterocycles. The summed E-state index contributed by atoms with van der Waals surface area (Å²) in [5.74, 6) is 0. The van der Waals surface area contributed by atoms with Crippen molar-refractivity contribution in [1.29, 1.82) is 0 Å². The Morgan fingerprint density at radius 1 is 1.56 bits per heavy atom. The summed E-state index contributed by atoms with van der Waals surface area (Å²) in [4.78, 5) is 0. The van der Waals surface area contributed by atoms with Gasteiger partial charge < -0.3 is 14.8 Å². The number of aliphatic hydroxyl groups excluding tert-OH is 2. The predicted octanol–water partition coefficient (Wildman–Crippen LogP) is -4.80. The number of hydrogen-bond acceptors (Lipinski definition) is 7. The smallest absolute Gasteiger partial charge is 0.746 e. The third-order valence-corrected chi connectivity index (χ3v) is 2.42. The molecule has 0 radical (unpaired) electrons. The molecule has 8 nitrogen and oxygen atoms in total. The fourth-order valence-electron chi connectivity index (χ4n) is 0.916. The molecule has 0 aromatic carbocycles. The van der Waals surface area contributed by atoms with E-state index in [0.29, 0.717) is 13.0 Å². The van der Waals surface area contributed by atoms with Crippen molar-refractivity contribution in [3.63, 3.8) is 0 Å². The van der Waals surface area contributed by atoms with Crippen LogP contribution in [-0.4, -0.2) is 44.8 Å². The Hall–Kier alpha value is -0.0300. The monoisotopic (exact) mass is 259 g/mol. The van der Waals surface area contributed by atoms with Crippen LogP contribution in [0, 0.1) is 0 Å². The normalized spacial score (nSPS) is 13.2. The summed E-state index contributed by atoms with van der Waals surface area (Å²) >= 11 is 0. The molecule has 1 aromatic heterocycles. The van der Waals surface area contributed by atoms with Crippen LogP contribution in [0.15, 0.2) is 6.20 Å². The van der Waals surface area contributed by atoms with Crippen LogP contribution in [0.25, 0.3) is 0 Å². The van der Waals surface area contributed by atoms with Gasteiger partial charge in [-0.25, -0.2) is 8.42 Å². The molecule has 0 saturated carbocycles.